The van der Waals surface area contributed by atoms with Gasteiger partial charge in [-0.2, -0.15) is 0 Å². The van der Waals surface area contributed by atoms with E-state index in [9.17, 15) is 9.50 Å². The standard InChI is InChI=1S/C12H17FO2/c1-12(2,14)7-4-8-15-11-6-3-5-10(13)9-11/h3,5-6,9,14H,4,7-8H2,1-2H3. The van der Waals surface area contributed by atoms with Crippen molar-refractivity contribution in [2.45, 2.75) is 32.3 Å². The van der Waals surface area contributed by atoms with E-state index in [1.165, 1.54) is 12.1 Å². The van der Waals surface area contributed by atoms with Crippen LogP contribution >= 0.6 is 0 Å². The highest BCUT2D eigenvalue weighted by molar-refractivity contribution is 5.22. The number of aliphatic hydroxyl groups is 1. The first-order valence-corrected chi connectivity index (χ1v) is 5.08. The van der Waals surface area contributed by atoms with E-state index < -0.39 is 5.60 Å². The van der Waals surface area contributed by atoms with Crippen LogP contribution in [0.3, 0.4) is 0 Å². The van der Waals surface area contributed by atoms with Crippen molar-refractivity contribution in [3.05, 3.63) is 30.1 Å². The van der Waals surface area contributed by atoms with Crippen LogP contribution in [0.25, 0.3) is 0 Å². The maximum absolute atomic E-state index is 12.7. The average Bonchev–Trinajstić information content (AvgIpc) is 2.11. The van der Waals surface area contributed by atoms with Gasteiger partial charge in [-0.1, -0.05) is 6.07 Å². The molecule has 0 aliphatic heterocycles. The van der Waals surface area contributed by atoms with Crippen LogP contribution in [-0.2, 0) is 0 Å². The van der Waals surface area contributed by atoms with Crippen molar-refractivity contribution in [3.8, 4) is 5.75 Å². The Morgan fingerprint density at radius 1 is 1.40 bits per heavy atom. The second-order valence-corrected chi connectivity index (χ2v) is 4.22. The predicted molar refractivity (Wildman–Crippen MR) is 57.4 cm³/mol. The lowest BCUT2D eigenvalue weighted by atomic mass is 10.0. The van der Waals surface area contributed by atoms with Crippen molar-refractivity contribution in [3.63, 3.8) is 0 Å². The van der Waals surface area contributed by atoms with Crippen LogP contribution < -0.4 is 4.74 Å². The normalized spacial score (nSPS) is 11.5. The third kappa shape index (κ3) is 5.37. The summed E-state index contributed by atoms with van der Waals surface area (Å²) in [5.41, 5.74) is -0.661. The number of halogens is 1. The highest BCUT2D eigenvalue weighted by Gasteiger charge is 2.11. The molecule has 0 saturated heterocycles. The SMILES string of the molecule is CC(C)(O)CCCOc1cccc(F)c1. The minimum Gasteiger partial charge on any atom is -0.493 e. The van der Waals surface area contributed by atoms with Crippen molar-refractivity contribution in [2.75, 3.05) is 6.61 Å². The summed E-state index contributed by atoms with van der Waals surface area (Å²) in [7, 11) is 0. The Kier molecular flexibility index (Phi) is 4.09. The van der Waals surface area contributed by atoms with Gasteiger partial charge in [0, 0.05) is 6.07 Å². The van der Waals surface area contributed by atoms with Crippen LogP contribution in [0, 0.1) is 5.82 Å². The predicted octanol–water partition coefficient (Wildman–Crippen LogP) is 2.76. The molecule has 0 aliphatic carbocycles. The van der Waals surface area contributed by atoms with Crippen LogP contribution in [-0.4, -0.2) is 17.3 Å². The summed E-state index contributed by atoms with van der Waals surface area (Å²) in [5.74, 6) is 0.237. The van der Waals surface area contributed by atoms with E-state index in [0.717, 1.165) is 6.42 Å². The van der Waals surface area contributed by atoms with Gasteiger partial charge in [-0.15, -0.1) is 0 Å². The van der Waals surface area contributed by atoms with Gasteiger partial charge in [-0.05, 0) is 38.8 Å². The molecule has 0 saturated carbocycles. The highest BCUT2D eigenvalue weighted by Crippen LogP contribution is 2.14. The molecule has 1 rings (SSSR count). The first-order valence-electron chi connectivity index (χ1n) is 5.08. The summed E-state index contributed by atoms with van der Waals surface area (Å²) in [6.45, 7) is 4.01. The zero-order valence-corrected chi connectivity index (χ0v) is 9.16. The molecular weight excluding hydrogens is 195 g/mol. The molecule has 1 aromatic rings. The Hall–Kier alpha value is -1.09. The smallest absolute Gasteiger partial charge is 0.126 e. The van der Waals surface area contributed by atoms with Gasteiger partial charge in [0.15, 0.2) is 0 Å². The molecule has 3 heteroatoms. The molecule has 84 valence electrons. The zero-order chi connectivity index (χ0) is 11.3. The number of ether oxygens (including phenoxy) is 1. The summed E-state index contributed by atoms with van der Waals surface area (Å²) in [5, 5.41) is 9.44. The minimum atomic E-state index is -0.661. The topological polar surface area (TPSA) is 29.5 Å². The molecule has 0 bridgehead atoms. The van der Waals surface area contributed by atoms with E-state index in [1.807, 2.05) is 0 Å². The lowest BCUT2D eigenvalue weighted by Gasteiger charge is -2.16. The van der Waals surface area contributed by atoms with Crippen LogP contribution in [0.15, 0.2) is 24.3 Å². The van der Waals surface area contributed by atoms with Gasteiger partial charge in [0.05, 0.1) is 12.2 Å². The molecular formula is C12H17FO2. The quantitative estimate of drug-likeness (QED) is 0.760. The van der Waals surface area contributed by atoms with Crippen LogP contribution in [0.5, 0.6) is 5.75 Å². The summed E-state index contributed by atoms with van der Waals surface area (Å²) in [4.78, 5) is 0. The maximum Gasteiger partial charge on any atom is 0.126 e. The van der Waals surface area contributed by atoms with E-state index in [1.54, 1.807) is 26.0 Å². The molecule has 0 spiro atoms. The van der Waals surface area contributed by atoms with Gasteiger partial charge >= 0.3 is 0 Å². The number of rotatable bonds is 5. The van der Waals surface area contributed by atoms with Crippen LogP contribution in [0.2, 0.25) is 0 Å². The summed E-state index contributed by atoms with van der Waals surface area (Å²) < 4.78 is 18.1. The molecule has 1 N–H and O–H groups in total. The van der Waals surface area contributed by atoms with Gasteiger partial charge in [-0.25, -0.2) is 4.39 Å². The lowest BCUT2D eigenvalue weighted by Crippen LogP contribution is -2.19. The maximum atomic E-state index is 12.7. The largest absolute Gasteiger partial charge is 0.493 e. The summed E-state index contributed by atoms with van der Waals surface area (Å²) in [6.07, 6.45) is 1.42. The fourth-order valence-corrected chi connectivity index (χ4v) is 1.25. The number of benzene rings is 1. The number of hydrogen-bond acceptors (Lipinski definition) is 2. The molecule has 0 atom stereocenters. The van der Waals surface area contributed by atoms with E-state index in [0.29, 0.717) is 18.8 Å². The molecule has 0 radical (unpaired) electrons. The molecule has 0 unspecified atom stereocenters. The van der Waals surface area contributed by atoms with Crippen LogP contribution in [0.4, 0.5) is 4.39 Å². The van der Waals surface area contributed by atoms with Gasteiger partial charge in [0.25, 0.3) is 0 Å². The average molecular weight is 212 g/mol. The van der Waals surface area contributed by atoms with E-state index >= 15 is 0 Å². The minimum absolute atomic E-state index is 0.296. The molecule has 0 heterocycles. The second kappa shape index (κ2) is 5.12. The molecule has 1 aromatic carbocycles. The second-order valence-electron chi connectivity index (χ2n) is 4.22. The molecule has 0 aliphatic rings. The van der Waals surface area contributed by atoms with Crippen molar-refractivity contribution >= 4 is 0 Å². The van der Waals surface area contributed by atoms with Gasteiger partial charge in [-0.3, -0.25) is 0 Å². The molecule has 0 fully saturated rings. The van der Waals surface area contributed by atoms with Gasteiger partial charge in [0.2, 0.25) is 0 Å². The van der Waals surface area contributed by atoms with Gasteiger partial charge in [0.1, 0.15) is 11.6 Å². The van der Waals surface area contributed by atoms with Crippen LogP contribution in [0.1, 0.15) is 26.7 Å². The summed E-state index contributed by atoms with van der Waals surface area (Å²) in [6, 6.07) is 6.06. The van der Waals surface area contributed by atoms with E-state index in [-0.39, 0.29) is 5.82 Å². The van der Waals surface area contributed by atoms with Crippen molar-refractivity contribution in [1.29, 1.82) is 0 Å². The van der Waals surface area contributed by atoms with Crippen molar-refractivity contribution in [2.24, 2.45) is 0 Å². The first-order chi connectivity index (χ1) is 6.97. The van der Waals surface area contributed by atoms with E-state index in [4.69, 9.17) is 4.74 Å². The third-order valence-corrected chi connectivity index (χ3v) is 2.00. The Bertz CT molecular complexity index is 305. The van der Waals surface area contributed by atoms with Crippen molar-refractivity contribution < 1.29 is 14.2 Å². The lowest BCUT2D eigenvalue weighted by molar-refractivity contribution is 0.0641. The Balaban J connectivity index is 2.26. The fourth-order valence-electron chi connectivity index (χ4n) is 1.25. The summed E-state index contributed by atoms with van der Waals surface area (Å²) >= 11 is 0. The zero-order valence-electron chi connectivity index (χ0n) is 9.16. The molecule has 0 aromatic heterocycles. The monoisotopic (exact) mass is 212 g/mol. The Labute approximate surface area is 89.7 Å². The highest BCUT2D eigenvalue weighted by atomic mass is 19.1. The fraction of sp³-hybridized carbons (Fsp3) is 0.500. The molecule has 0 amide bonds. The van der Waals surface area contributed by atoms with E-state index in [2.05, 4.69) is 0 Å². The first kappa shape index (κ1) is 12.0. The molecule has 2 nitrogen and oxygen atoms in total. The Morgan fingerprint density at radius 3 is 2.73 bits per heavy atom. The van der Waals surface area contributed by atoms with Crippen molar-refractivity contribution in [1.82, 2.24) is 0 Å². The van der Waals surface area contributed by atoms with Gasteiger partial charge < -0.3 is 9.84 Å². The number of hydrogen-bond donors (Lipinski definition) is 1. The Morgan fingerprint density at radius 2 is 2.13 bits per heavy atom. The molecule has 15 heavy (non-hydrogen) atoms. The third-order valence-electron chi connectivity index (χ3n) is 2.00.